The van der Waals surface area contributed by atoms with Crippen molar-refractivity contribution in [3.63, 3.8) is 0 Å². The van der Waals surface area contributed by atoms with Gasteiger partial charge in [0.25, 0.3) is 0 Å². The van der Waals surface area contributed by atoms with Crippen LogP contribution >= 0.6 is 0 Å². The monoisotopic (exact) mass is 458 g/mol. The molecule has 0 bridgehead atoms. The summed E-state index contributed by atoms with van der Waals surface area (Å²) in [4.78, 5) is 23.1. The van der Waals surface area contributed by atoms with Crippen LogP contribution in [0.2, 0.25) is 0 Å². The Hall–Kier alpha value is -1.18. The average Bonchev–Trinajstić information content (AvgIpc) is 3.42. The van der Waals surface area contributed by atoms with E-state index in [-0.39, 0.29) is 12.4 Å². The molecular weight excluding hydrogens is 410 g/mol. The van der Waals surface area contributed by atoms with Gasteiger partial charge in [-0.05, 0) is 25.7 Å². The highest BCUT2D eigenvalue weighted by Gasteiger charge is 2.36. The van der Waals surface area contributed by atoms with Crippen LogP contribution in [0.4, 0.5) is 0 Å². The normalized spacial score (nSPS) is 19.0. The van der Waals surface area contributed by atoms with Crippen LogP contribution in [0, 0.1) is 0 Å². The van der Waals surface area contributed by atoms with Gasteiger partial charge in [-0.15, -0.1) is 0 Å². The van der Waals surface area contributed by atoms with Crippen molar-refractivity contribution >= 4 is 11.9 Å². The first-order valence-corrected chi connectivity index (χ1v) is 12.7. The van der Waals surface area contributed by atoms with E-state index in [0.29, 0.717) is 36.3 Å². The third kappa shape index (κ3) is 16.5. The lowest BCUT2D eigenvalue weighted by atomic mass is 10.0. The van der Waals surface area contributed by atoms with Gasteiger partial charge >= 0.3 is 11.9 Å². The van der Waals surface area contributed by atoms with Crippen molar-refractivity contribution in [1.82, 2.24) is 0 Å². The lowest BCUT2D eigenvalue weighted by Crippen LogP contribution is -2.43. The number of esters is 1. The van der Waals surface area contributed by atoms with Crippen molar-refractivity contribution in [2.75, 3.05) is 34.3 Å². The number of hydrogen-bond donors (Lipinski definition) is 2. The number of carbonyl (C=O) groups excluding carboxylic acids is 1. The molecule has 2 N–H and O–H groups in total. The second kappa shape index (κ2) is 16.4. The molecule has 32 heavy (non-hydrogen) atoms. The minimum Gasteiger partial charge on any atom is -0.481 e. The molecule has 7 heteroatoms. The van der Waals surface area contributed by atoms with Gasteiger partial charge in [-0.25, -0.2) is 0 Å². The van der Waals surface area contributed by atoms with Crippen molar-refractivity contribution in [2.24, 2.45) is 0 Å². The van der Waals surface area contributed by atoms with Crippen LogP contribution < -0.4 is 0 Å². The van der Waals surface area contributed by atoms with Crippen LogP contribution in [0.15, 0.2) is 0 Å². The summed E-state index contributed by atoms with van der Waals surface area (Å²) >= 11 is 0. The van der Waals surface area contributed by atoms with E-state index in [0.717, 1.165) is 44.9 Å². The number of hydrogen-bond acceptors (Lipinski definition) is 5. The summed E-state index contributed by atoms with van der Waals surface area (Å²) in [7, 11) is 5.88. The Morgan fingerprint density at radius 3 is 1.84 bits per heavy atom. The first-order valence-electron chi connectivity index (χ1n) is 12.7. The Bertz CT molecular complexity index is 519. The molecule has 1 aliphatic rings. The summed E-state index contributed by atoms with van der Waals surface area (Å²) in [6.07, 6.45) is 15.2. The Morgan fingerprint density at radius 2 is 1.34 bits per heavy atom. The van der Waals surface area contributed by atoms with E-state index < -0.39 is 12.1 Å². The molecule has 7 nitrogen and oxygen atoms in total. The molecule has 0 radical (unpaired) electrons. The number of aliphatic carboxylic acids is 1. The summed E-state index contributed by atoms with van der Waals surface area (Å²) in [5, 5.41) is 17.8. The van der Waals surface area contributed by atoms with Crippen molar-refractivity contribution in [3.8, 4) is 0 Å². The van der Waals surface area contributed by atoms with E-state index in [2.05, 4.69) is 0 Å². The van der Waals surface area contributed by atoms with Crippen molar-refractivity contribution < 1.29 is 33.8 Å². The molecule has 0 spiro atoms. The number of epoxide rings is 1. The average molecular weight is 459 g/mol. The number of unbranched alkanes of at least 4 members (excludes halogenated alkanes) is 9. The molecule has 3 atom stereocenters. The summed E-state index contributed by atoms with van der Waals surface area (Å²) in [5.74, 6) is -1.22. The van der Waals surface area contributed by atoms with Gasteiger partial charge in [0.1, 0.15) is 6.54 Å². The lowest BCUT2D eigenvalue weighted by Gasteiger charge is -2.28. The molecule has 188 valence electrons. The smallest absolute Gasteiger partial charge is 0.307 e. The van der Waals surface area contributed by atoms with Crippen LogP contribution in [-0.2, 0) is 19.1 Å². The summed E-state index contributed by atoms with van der Waals surface area (Å²) in [6.45, 7) is 0.809. The maximum absolute atomic E-state index is 12.1. The van der Waals surface area contributed by atoms with Crippen LogP contribution in [0.1, 0.15) is 96.3 Å². The van der Waals surface area contributed by atoms with Crippen molar-refractivity contribution in [1.29, 1.82) is 0 Å². The van der Waals surface area contributed by atoms with Gasteiger partial charge in [-0.2, -0.15) is 0 Å². The SMILES string of the molecule is C[N+](C)(C)CC(CC(=O)O)OC(=O)CCCCCCCC1OC1CCCCCCCCO. The Labute approximate surface area is 195 Å². The molecule has 0 aromatic carbocycles. The predicted molar refractivity (Wildman–Crippen MR) is 125 cm³/mol. The number of likely N-dealkylation sites (N-methyl/N-ethyl adjacent to an activating group) is 1. The van der Waals surface area contributed by atoms with Crippen LogP contribution in [0.5, 0.6) is 0 Å². The fraction of sp³-hybridized carbons (Fsp3) is 0.920. The zero-order chi connectivity index (χ0) is 23.8. The second-order valence-electron chi connectivity index (χ2n) is 10.3. The number of carbonyl (C=O) groups is 2. The highest BCUT2D eigenvalue weighted by molar-refractivity contribution is 5.71. The lowest BCUT2D eigenvalue weighted by molar-refractivity contribution is -0.873. The quantitative estimate of drug-likeness (QED) is 0.115. The van der Waals surface area contributed by atoms with Gasteiger partial charge in [0.15, 0.2) is 6.10 Å². The fourth-order valence-corrected chi connectivity index (χ4v) is 4.19. The Balaban J connectivity index is 1.96. The summed E-state index contributed by atoms with van der Waals surface area (Å²) in [5.41, 5.74) is 0. The summed E-state index contributed by atoms with van der Waals surface area (Å²) < 4.78 is 11.8. The van der Waals surface area contributed by atoms with Crippen LogP contribution in [-0.4, -0.2) is 79.2 Å². The number of carboxylic acids is 1. The van der Waals surface area contributed by atoms with Gasteiger partial charge in [0.2, 0.25) is 0 Å². The van der Waals surface area contributed by atoms with E-state index in [4.69, 9.17) is 19.7 Å². The van der Waals surface area contributed by atoms with Crippen molar-refractivity contribution in [3.05, 3.63) is 0 Å². The third-order valence-electron chi connectivity index (χ3n) is 5.91. The molecule has 3 unspecified atom stereocenters. The van der Waals surface area contributed by atoms with Gasteiger partial charge in [-0.3, -0.25) is 9.59 Å². The summed E-state index contributed by atoms with van der Waals surface area (Å²) in [6, 6.07) is 0. The van der Waals surface area contributed by atoms with Gasteiger partial charge < -0.3 is 24.2 Å². The van der Waals surface area contributed by atoms with E-state index in [1.54, 1.807) is 0 Å². The molecule has 0 amide bonds. The molecule has 0 saturated carbocycles. The van der Waals surface area contributed by atoms with E-state index in [1.807, 2.05) is 21.1 Å². The predicted octanol–water partition coefficient (Wildman–Crippen LogP) is 4.30. The zero-order valence-corrected chi connectivity index (χ0v) is 20.7. The topological polar surface area (TPSA) is 96.4 Å². The molecule has 0 aliphatic carbocycles. The highest BCUT2D eigenvalue weighted by Crippen LogP contribution is 2.31. The molecule has 1 rings (SSSR count). The van der Waals surface area contributed by atoms with Crippen LogP contribution in [0.3, 0.4) is 0 Å². The van der Waals surface area contributed by atoms with Crippen molar-refractivity contribution in [2.45, 2.75) is 115 Å². The molecule has 1 fully saturated rings. The molecular formula is C25H48NO6+. The minimum absolute atomic E-state index is 0.143. The second-order valence-corrected chi connectivity index (χ2v) is 10.3. The number of aliphatic hydroxyl groups is 1. The van der Waals surface area contributed by atoms with Crippen LogP contribution in [0.25, 0.3) is 0 Å². The van der Waals surface area contributed by atoms with E-state index >= 15 is 0 Å². The number of ether oxygens (including phenoxy) is 2. The number of aliphatic hydroxyl groups excluding tert-OH is 1. The van der Waals surface area contributed by atoms with E-state index in [1.165, 1.54) is 38.5 Å². The third-order valence-corrected chi connectivity index (χ3v) is 5.91. The maximum Gasteiger partial charge on any atom is 0.307 e. The van der Waals surface area contributed by atoms with Gasteiger partial charge in [0, 0.05) is 13.0 Å². The molecule has 1 aliphatic heterocycles. The molecule has 1 heterocycles. The Kier molecular flexibility index (Phi) is 14.8. The maximum atomic E-state index is 12.1. The number of quaternary nitrogens is 1. The zero-order valence-electron chi connectivity index (χ0n) is 20.7. The van der Waals surface area contributed by atoms with Gasteiger partial charge in [0.05, 0.1) is 39.8 Å². The molecule has 0 aromatic rings. The number of rotatable bonds is 21. The van der Waals surface area contributed by atoms with Gasteiger partial charge in [-0.1, -0.05) is 57.8 Å². The fourth-order valence-electron chi connectivity index (χ4n) is 4.19. The Morgan fingerprint density at radius 1 is 0.844 bits per heavy atom. The number of nitrogens with zero attached hydrogens (tertiary/aromatic N) is 1. The largest absolute Gasteiger partial charge is 0.481 e. The first-order chi connectivity index (χ1) is 15.2. The molecule has 0 aromatic heterocycles. The van der Waals surface area contributed by atoms with E-state index in [9.17, 15) is 9.59 Å². The molecule has 1 saturated heterocycles. The standard InChI is InChI=1S/C25H47NO6/c1-26(2,3)20-21(19-24(28)29)31-25(30)17-13-9-6-8-12-16-23-22(32-23)15-11-7-4-5-10-14-18-27/h21-23,27H,4-20H2,1-3H3/p+1. The first kappa shape index (κ1) is 28.9. The minimum atomic E-state index is -0.938. The highest BCUT2D eigenvalue weighted by atomic mass is 16.6. The number of carboxylic acid groups (broad SMARTS) is 1.